The summed E-state index contributed by atoms with van der Waals surface area (Å²) in [6.45, 7) is 7.55. The first-order valence-electron chi connectivity index (χ1n) is 8.06. The number of nitriles is 1. The van der Waals surface area contributed by atoms with E-state index in [4.69, 9.17) is 0 Å². The van der Waals surface area contributed by atoms with Crippen LogP contribution in [0.15, 0.2) is 56.0 Å². The Hall–Kier alpha value is -1.64. The van der Waals surface area contributed by atoms with Crippen LogP contribution in [0.25, 0.3) is 0 Å². The highest BCUT2D eigenvalue weighted by Gasteiger charge is 2.37. The Labute approximate surface area is 162 Å². The molecule has 1 aliphatic heterocycles. The molecule has 0 aliphatic carbocycles. The zero-order valence-corrected chi connectivity index (χ0v) is 17.2. The van der Waals surface area contributed by atoms with E-state index in [1.807, 2.05) is 45.0 Å². The van der Waals surface area contributed by atoms with Gasteiger partial charge in [-0.2, -0.15) is 5.26 Å². The Morgan fingerprint density at radius 3 is 2.48 bits per heavy atom. The number of thioether (sulfide) groups is 1. The molecule has 1 heterocycles. The standard InChI is InChI=1S/C20H21BrN2OS/c1-12(2)9-10-25-20-17(11-22)19(15-5-7-16(21)8-6-15)18(14(4)24)13(3)23-20/h5-9,18-19H,10H2,1-4H3/t18?,19-/m1/s1. The van der Waals surface area contributed by atoms with Gasteiger partial charge in [0.2, 0.25) is 0 Å². The van der Waals surface area contributed by atoms with Crippen molar-refractivity contribution in [3.8, 4) is 6.07 Å². The molecule has 0 bridgehead atoms. The van der Waals surface area contributed by atoms with Gasteiger partial charge in [0.05, 0.1) is 17.6 Å². The molecule has 1 aromatic rings. The smallest absolute Gasteiger partial charge is 0.139 e. The number of ketones is 1. The highest BCUT2D eigenvalue weighted by molar-refractivity contribution is 9.10. The highest BCUT2D eigenvalue weighted by atomic mass is 79.9. The third kappa shape index (κ3) is 4.71. The number of carbonyl (C=O) groups is 1. The van der Waals surface area contributed by atoms with Crippen LogP contribution in [-0.4, -0.2) is 17.2 Å². The Kier molecular flexibility index (Phi) is 6.80. The van der Waals surface area contributed by atoms with Crippen molar-refractivity contribution < 1.29 is 4.79 Å². The lowest BCUT2D eigenvalue weighted by atomic mass is 9.75. The van der Waals surface area contributed by atoms with E-state index in [1.165, 1.54) is 5.57 Å². The molecule has 0 spiro atoms. The lowest BCUT2D eigenvalue weighted by Crippen LogP contribution is -2.31. The third-order valence-corrected chi connectivity index (χ3v) is 5.55. The van der Waals surface area contributed by atoms with Gasteiger partial charge < -0.3 is 0 Å². The van der Waals surface area contributed by atoms with Gasteiger partial charge >= 0.3 is 0 Å². The van der Waals surface area contributed by atoms with E-state index in [9.17, 15) is 10.1 Å². The lowest BCUT2D eigenvalue weighted by molar-refractivity contribution is -0.119. The normalized spacial score (nSPS) is 19.9. The van der Waals surface area contributed by atoms with E-state index in [0.29, 0.717) is 5.57 Å². The van der Waals surface area contributed by atoms with Crippen molar-refractivity contribution >= 4 is 39.2 Å². The number of rotatable bonds is 5. The molecule has 0 aromatic heterocycles. The first kappa shape index (κ1) is 19.7. The van der Waals surface area contributed by atoms with Crippen LogP contribution in [0.3, 0.4) is 0 Å². The summed E-state index contributed by atoms with van der Waals surface area (Å²) < 4.78 is 0.970. The van der Waals surface area contributed by atoms with Crippen molar-refractivity contribution in [1.29, 1.82) is 5.26 Å². The molecule has 3 nitrogen and oxygen atoms in total. The van der Waals surface area contributed by atoms with E-state index in [-0.39, 0.29) is 17.6 Å². The molecular weight excluding hydrogens is 396 g/mol. The predicted molar refractivity (Wildman–Crippen MR) is 109 cm³/mol. The number of hydrogen-bond donors (Lipinski definition) is 0. The number of nitrogens with zero attached hydrogens (tertiary/aromatic N) is 2. The average Bonchev–Trinajstić information content (AvgIpc) is 2.54. The van der Waals surface area contributed by atoms with Crippen molar-refractivity contribution in [3.05, 3.63) is 56.6 Å². The van der Waals surface area contributed by atoms with Gasteiger partial charge in [0.25, 0.3) is 0 Å². The van der Waals surface area contributed by atoms with E-state index in [1.54, 1.807) is 18.7 Å². The quantitative estimate of drug-likeness (QED) is 0.582. The molecule has 2 atom stereocenters. The molecule has 1 aliphatic rings. The zero-order chi connectivity index (χ0) is 18.6. The largest absolute Gasteiger partial charge is 0.299 e. The number of benzene rings is 1. The van der Waals surface area contributed by atoms with Gasteiger partial charge in [0, 0.05) is 21.9 Å². The second kappa shape index (κ2) is 8.64. The van der Waals surface area contributed by atoms with Crippen LogP contribution < -0.4 is 0 Å². The molecule has 0 saturated carbocycles. The monoisotopic (exact) mass is 416 g/mol. The van der Waals surface area contributed by atoms with E-state index >= 15 is 0 Å². The summed E-state index contributed by atoms with van der Waals surface area (Å²) in [6, 6.07) is 10.2. The van der Waals surface area contributed by atoms with Crippen LogP contribution in [0.5, 0.6) is 0 Å². The van der Waals surface area contributed by atoms with E-state index in [0.717, 1.165) is 26.5 Å². The molecule has 0 amide bonds. The molecule has 1 aromatic carbocycles. The van der Waals surface area contributed by atoms with Gasteiger partial charge in [-0.3, -0.25) is 4.79 Å². The lowest BCUT2D eigenvalue weighted by Gasteiger charge is -2.30. The van der Waals surface area contributed by atoms with Crippen LogP contribution >= 0.6 is 27.7 Å². The second-order valence-electron chi connectivity index (χ2n) is 6.29. The Morgan fingerprint density at radius 1 is 1.32 bits per heavy atom. The van der Waals surface area contributed by atoms with E-state index in [2.05, 4.69) is 33.1 Å². The molecule has 2 rings (SSSR count). The van der Waals surface area contributed by atoms with Gasteiger partial charge in [-0.05, 0) is 45.4 Å². The number of aliphatic imine (C=N–C) groups is 1. The summed E-state index contributed by atoms with van der Waals surface area (Å²) in [4.78, 5) is 16.9. The number of carbonyl (C=O) groups excluding carboxylic acids is 1. The van der Waals surface area contributed by atoms with E-state index < -0.39 is 0 Å². The van der Waals surface area contributed by atoms with Gasteiger partial charge in [-0.25, -0.2) is 4.99 Å². The Bertz CT molecular complexity index is 796. The topological polar surface area (TPSA) is 53.2 Å². The molecule has 25 heavy (non-hydrogen) atoms. The Balaban J connectivity index is 2.52. The molecule has 5 heteroatoms. The molecule has 0 saturated heterocycles. The van der Waals surface area contributed by atoms with Crippen LogP contribution in [0.4, 0.5) is 0 Å². The number of Topliss-reactive ketones (excluding diaryl/α,β-unsaturated/α-hetero) is 1. The summed E-state index contributed by atoms with van der Waals surface area (Å²) >= 11 is 4.99. The number of hydrogen-bond acceptors (Lipinski definition) is 4. The zero-order valence-electron chi connectivity index (χ0n) is 14.8. The summed E-state index contributed by atoms with van der Waals surface area (Å²) in [5.74, 6) is 0.137. The van der Waals surface area contributed by atoms with Crippen molar-refractivity contribution in [2.24, 2.45) is 10.9 Å². The number of halogens is 1. The summed E-state index contributed by atoms with van der Waals surface area (Å²) in [7, 11) is 0. The van der Waals surface area contributed by atoms with Crippen LogP contribution in [0.1, 0.15) is 39.2 Å². The molecule has 0 fully saturated rings. The van der Waals surface area contributed by atoms with Crippen molar-refractivity contribution in [2.75, 3.05) is 5.75 Å². The summed E-state index contributed by atoms with van der Waals surface area (Å²) in [6.07, 6.45) is 2.11. The van der Waals surface area contributed by atoms with Crippen molar-refractivity contribution in [3.63, 3.8) is 0 Å². The fourth-order valence-corrected chi connectivity index (χ4v) is 4.28. The average molecular weight is 417 g/mol. The highest BCUT2D eigenvalue weighted by Crippen LogP contribution is 2.42. The fraction of sp³-hybridized carbons (Fsp3) is 0.350. The predicted octanol–water partition coefficient (Wildman–Crippen LogP) is 5.65. The fourth-order valence-electron chi connectivity index (χ4n) is 2.90. The van der Waals surface area contributed by atoms with Crippen molar-refractivity contribution in [1.82, 2.24) is 0 Å². The second-order valence-corrected chi connectivity index (χ2v) is 8.22. The maximum Gasteiger partial charge on any atom is 0.139 e. The first-order chi connectivity index (χ1) is 11.8. The molecule has 1 unspecified atom stereocenters. The van der Waals surface area contributed by atoms with Crippen LogP contribution in [0, 0.1) is 17.2 Å². The Morgan fingerprint density at radius 2 is 1.96 bits per heavy atom. The third-order valence-electron chi connectivity index (χ3n) is 4.10. The van der Waals surface area contributed by atoms with Gasteiger partial charge in [0.1, 0.15) is 10.8 Å². The minimum Gasteiger partial charge on any atom is -0.299 e. The van der Waals surface area contributed by atoms with Crippen LogP contribution in [-0.2, 0) is 4.79 Å². The molecule has 130 valence electrons. The van der Waals surface area contributed by atoms with Gasteiger partial charge in [0.15, 0.2) is 0 Å². The minimum absolute atomic E-state index is 0.0373. The number of allylic oxidation sites excluding steroid dienone is 2. The molecule has 0 radical (unpaired) electrons. The van der Waals surface area contributed by atoms with Gasteiger partial charge in [-0.15, -0.1) is 11.8 Å². The summed E-state index contributed by atoms with van der Waals surface area (Å²) in [5, 5.41) is 10.5. The molecule has 0 N–H and O–H groups in total. The minimum atomic E-state index is -0.386. The van der Waals surface area contributed by atoms with Crippen LogP contribution in [0.2, 0.25) is 0 Å². The maximum absolute atomic E-state index is 12.3. The molecular formula is C20H21BrN2OS. The van der Waals surface area contributed by atoms with Crippen molar-refractivity contribution in [2.45, 2.75) is 33.6 Å². The van der Waals surface area contributed by atoms with Gasteiger partial charge in [-0.1, -0.05) is 39.7 Å². The first-order valence-corrected chi connectivity index (χ1v) is 9.84. The maximum atomic E-state index is 12.3. The SMILES string of the molecule is CC(=O)C1C(C)=NC(SCC=C(C)C)=C(C#N)[C@H]1c1ccc(Br)cc1. The summed E-state index contributed by atoms with van der Waals surface area (Å²) in [5.41, 5.74) is 3.56.